The Morgan fingerprint density at radius 3 is 2.69 bits per heavy atom. The first-order valence-electron chi connectivity index (χ1n) is 8.30. The average molecular weight is 346 g/mol. The number of methoxy groups -OCH3 is 1. The van der Waals surface area contributed by atoms with Crippen LogP contribution in [0.5, 0.6) is 5.75 Å². The number of ether oxygens (including phenoxy) is 1. The quantitative estimate of drug-likeness (QED) is 0.789. The Bertz CT molecular complexity index is 970. The molecule has 0 spiro atoms. The van der Waals surface area contributed by atoms with E-state index in [9.17, 15) is 4.79 Å². The highest BCUT2D eigenvalue weighted by atomic mass is 16.5. The molecule has 0 aliphatic carbocycles. The molecule has 0 radical (unpaired) electrons. The molecule has 0 fully saturated rings. The van der Waals surface area contributed by atoms with Gasteiger partial charge in [-0.2, -0.15) is 0 Å². The highest BCUT2D eigenvalue weighted by Gasteiger charge is 2.27. The van der Waals surface area contributed by atoms with E-state index in [2.05, 4.69) is 9.97 Å². The largest absolute Gasteiger partial charge is 0.497 e. The maximum Gasteiger partial charge on any atom is 0.231 e. The molecule has 0 atom stereocenters. The Balaban J connectivity index is 1.78. The van der Waals surface area contributed by atoms with E-state index in [4.69, 9.17) is 10.5 Å². The van der Waals surface area contributed by atoms with Gasteiger partial charge >= 0.3 is 0 Å². The van der Waals surface area contributed by atoms with E-state index in [1.54, 1.807) is 18.2 Å². The van der Waals surface area contributed by atoms with Crippen LogP contribution < -0.4 is 15.4 Å². The van der Waals surface area contributed by atoms with E-state index < -0.39 is 0 Å². The number of para-hydroxylation sites is 1. The summed E-state index contributed by atoms with van der Waals surface area (Å²) in [4.78, 5) is 23.2. The van der Waals surface area contributed by atoms with E-state index in [1.807, 2.05) is 48.5 Å². The van der Waals surface area contributed by atoms with Crippen LogP contribution in [0.15, 0.2) is 54.7 Å². The monoisotopic (exact) mass is 346 g/mol. The second-order valence-corrected chi connectivity index (χ2v) is 6.12. The Kier molecular flexibility index (Phi) is 4.01. The maximum absolute atomic E-state index is 13.0. The number of hydrogen-bond acceptors (Lipinski definition) is 5. The second kappa shape index (κ2) is 6.48. The van der Waals surface area contributed by atoms with Gasteiger partial charge in [0.2, 0.25) is 11.9 Å². The molecule has 4 rings (SSSR count). The van der Waals surface area contributed by atoms with Crippen molar-refractivity contribution < 1.29 is 9.53 Å². The number of anilines is 2. The molecule has 1 aromatic heterocycles. The predicted molar refractivity (Wildman–Crippen MR) is 99.8 cm³/mol. The number of fused-ring (bicyclic) bond motifs is 3. The van der Waals surface area contributed by atoms with E-state index in [0.717, 1.165) is 33.8 Å². The molecule has 2 aromatic carbocycles. The highest BCUT2D eigenvalue weighted by molar-refractivity contribution is 6.01. The van der Waals surface area contributed by atoms with Crippen molar-refractivity contribution in [2.24, 2.45) is 0 Å². The van der Waals surface area contributed by atoms with Gasteiger partial charge in [0, 0.05) is 17.3 Å². The van der Waals surface area contributed by atoms with Crippen LogP contribution in [0, 0.1) is 0 Å². The number of nitrogen functional groups attached to an aromatic ring is 1. The van der Waals surface area contributed by atoms with E-state index in [1.165, 1.54) is 0 Å². The molecule has 1 amide bonds. The molecule has 6 heteroatoms. The predicted octanol–water partition coefficient (Wildman–Crippen LogP) is 2.82. The van der Waals surface area contributed by atoms with Crippen molar-refractivity contribution in [1.29, 1.82) is 0 Å². The number of aromatic nitrogens is 2. The number of nitrogens with zero attached hydrogens (tertiary/aromatic N) is 3. The van der Waals surface area contributed by atoms with Crippen molar-refractivity contribution in [2.45, 2.75) is 13.0 Å². The molecule has 6 nitrogen and oxygen atoms in total. The Morgan fingerprint density at radius 2 is 1.92 bits per heavy atom. The van der Waals surface area contributed by atoms with Crippen molar-refractivity contribution in [3.8, 4) is 17.0 Å². The normalized spacial score (nSPS) is 13.0. The van der Waals surface area contributed by atoms with Gasteiger partial charge in [0.1, 0.15) is 5.75 Å². The van der Waals surface area contributed by atoms with Gasteiger partial charge in [-0.15, -0.1) is 0 Å². The molecular formula is C20H18N4O2. The summed E-state index contributed by atoms with van der Waals surface area (Å²) in [5.74, 6) is 0.990. The number of rotatable bonds is 3. The number of nitrogens with two attached hydrogens (primary N) is 1. The Morgan fingerprint density at radius 1 is 1.15 bits per heavy atom. The van der Waals surface area contributed by atoms with Crippen LogP contribution in [0.25, 0.3) is 11.3 Å². The lowest BCUT2D eigenvalue weighted by Gasteiger charge is -2.23. The minimum Gasteiger partial charge on any atom is -0.497 e. The van der Waals surface area contributed by atoms with Gasteiger partial charge < -0.3 is 15.4 Å². The van der Waals surface area contributed by atoms with E-state index in [0.29, 0.717) is 6.54 Å². The standard InChI is InChI=1S/C20H18N4O2/c1-26-15-8-6-13(7-9-15)12-24-17-5-3-2-4-16(17)19-14(10-18(24)25)11-22-20(21)23-19/h2-9,11H,10,12H2,1H3,(H2,21,22,23). The zero-order valence-electron chi connectivity index (χ0n) is 14.3. The van der Waals surface area contributed by atoms with Gasteiger partial charge in [0.05, 0.1) is 31.5 Å². The van der Waals surface area contributed by atoms with E-state index >= 15 is 0 Å². The summed E-state index contributed by atoms with van der Waals surface area (Å²) in [5, 5.41) is 0. The molecule has 0 saturated heterocycles. The summed E-state index contributed by atoms with van der Waals surface area (Å²) in [6.07, 6.45) is 1.88. The summed E-state index contributed by atoms with van der Waals surface area (Å²) in [5.41, 5.74) is 10.0. The number of benzene rings is 2. The van der Waals surface area contributed by atoms with Crippen molar-refractivity contribution in [2.75, 3.05) is 17.7 Å². The first-order chi connectivity index (χ1) is 12.7. The van der Waals surface area contributed by atoms with Crippen LogP contribution >= 0.6 is 0 Å². The first kappa shape index (κ1) is 16.1. The number of amides is 1. The van der Waals surface area contributed by atoms with Crippen LogP contribution in [0.1, 0.15) is 11.1 Å². The van der Waals surface area contributed by atoms with Crippen molar-refractivity contribution in [3.63, 3.8) is 0 Å². The van der Waals surface area contributed by atoms with Crippen LogP contribution in [-0.4, -0.2) is 23.0 Å². The summed E-state index contributed by atoms with van der Waals surface area (Å²) in [6.45, 7) is 0.469. The van der Waals surface area contributed by atoms with E-state index in [-0.39, 0.29) is 18.3 Å². The summed E-state index contributed by atoms with van der Waals surface area (Å²) < 4.78 is 5.20. The molecule has 130 valence electrons. The lowest BCUT2D eigenvalue weighted by atomic mass is 10.1. The lowest BCUT2D eigenvalue weighted by molar-refractivity contribution is -0.118. The third-order valence-corrected chi connectivity index (χ3v) is 4.48. The fourth-order valence-corrected chi connectivity index (χ4v) is 3.17. The summed E-state index contributed by atoms with van der Waals surface area (Å²) in [6, 6.07) is 15.5. The summed E-state index contributed by atoms with van der Waals surface area (Å²) >= 11 is 0. The van der Waals surface area contributed by atoms with Crippen LogP contribution in [0.3, 0.4) is 0 Å². The van der Waals surface area contributed by atoms with Crippen LogP contribution in [0.4, 0.5) is 11.6 Å². The Labute approximate surface area is 151 Å². The zero-order chi connectivity index (χ0) is 18.1. The van der Waals surface area contributed by atoms with Gasteiger partial charge in [-0.25, -0.2) is 9.97 Å². The highest BCUT2D eigenvalue weighted by Crippen LogP contribution is 2.36. The minimum absolute atomic E-state index is 0.000361. The molecule has 0 bridgehead atoms. The molecule has 3 aromatic rings. The van der Waals surface area contributed by atoms with Gasteiger partial charge in [-0.05, 0) is 23.8 Å². The first-order valence-corrected chi connectivity index (χ1v) is 8.30. The molecule has 1 aliphatic heterocycles. The third kappa shape index (κ3) is 2.86. The van der Waals surface area contributed by atoms with Crippen molar-refractivity contribution in [3.05, 3.63) is 65.9 Å². The minimum atomic E-state index is 0.000361. The maximum atomic E-state index is 13.0. The van der Waals surface area contributed by atoms with Gasteiger partial charge in [-0.3, -0.25) is 4.79 Å². The fraction of sp³-hybridized carbons (Fsp3) is 0.150. The molecule has 2 heterocycles. The SMILES string of the molecule is COc1ccc(CN2C(=O)Cc3cnc(N)nc3-c3ccccc32)cc1. The molecule has 1 aliphatic rings. The van der Waals surface area contributed by atoms with Crippen molar-refractivity contribution >= 4 is 17.5 Å². The number of carbonyl (C=O) groups excluding carboxylic acids is 1. The molecule has 26 heavy (non-hydrogen) atoms. The fourth-order valence-electron chi connectivity index (χ4n) is 3.17. The van der Waals surface area contributed by atoms with Crippen LogP contribution in [0.2, 0.25) is 0 Å². The topological polar surface area (TPSA) is 81.3 Å². The zero-order valence-corrected chi connectivity index (χ0v) is 14.3. The number of hydrogen-bond donors (Lipinski definition) is 1. The lowest BCUT2D eigenvalue weighted by Crippen LogP contribution is -2.31. The smallest absolute Gasteiger partial charge is 0.231 e. The second-order valence-electron chi connectivity index (χ2n) is 6.12. The molecule has 0 unspecified atom stereocenters. The van der Waals surface area contributed by atoms with Gasteiger partial charge in [0.15, 0.2) is 0 Å². The molecule has 0 saturated carbocycles. The van der Waals surface area contributed by atoms with Gasteiger partial charge in [-0.1, -0.05) is 30.3 Å². The number of carbonyl (C=O) groups is 1. The van der Waals surface area contributed by atoms with Crippen LogP contribution in [-0.2, 0) is 17.8 Å². The average Bonchev–Trinajstić information content (AvgIpc) is 2.78. The van der Waals surface area contributed by atoms with Crippen molar-refractivity contribution in [1.82, 2.24) is 9.97 Å². The third-order valence-electron chi connectivity index (χ3n) is 4.48. The molecular weight excluding hydrogens is 328 g/mol. The van der Waals surface area contributed by atoms with Gasteiger partial charge in [0.25, 0.3) is 0 Å². The summed E-state index contributed by atoms with van der Waals surface area (Å²) in [7, 11) is 1.63. The Hall–Kier alpha value is -3.41. The molecule has 2 N–H and O–H groups in total.